The summed E-state index contributed by atoms with van der Waals surface area (Å²) in [5, 5.41) is 10.7. The molecular formula is C37H42FN5O3S. The van der Waals surface area contributed by atoms with E-state index in [4.69, 9.17) is 4.98 Å². The Balaban J connectivity index is 1.17. The van der Waals surface area contributed by atoms with Gasteiger partial charge < -0.3 is 19.5 Å². The number of amides is 1. The minimum atomic E-state index is -0.502. The fourth-order valence-corrected chi connectivity index (χ4v) is 8.87. The third-order valence-electron chi connectivity index (χ3n) is 10.1. The smallest absolute Gasteiger partial charge is 0.268 e. The molecule has 0 bridgehead atoms. The number of aryl methyl sites for hydroxylation is 2. The van der Waals surface area contributed by atoms with Gasteiger partial charge in [0.15, 0.2) is 0 Å². The van der Waals surface area contributed by atoms with Gasteiger partial charge in [0.2, 0.25) is 0 Å². The highest BCUT2D eigenvalue weighted by atomic mass is 32.1. The van der Waals surface area contributed by atoms with Crippen LogP contribution in [0.2, 0.25) is 0 Å². The third-order valence-corrected chi connectivity index (χ3v) is 11.4. The van der Waals surface area contributed by atoms with Crippen LogP contribution in [-0.2, 0) is 39.3 Å². The summed E-state index contributed by atoms with van der Waals surface area (Å²) in [7, 11) is 1.68. The maximum absolute atomic E-state index is 15.4. The van der Waals surface area contributed by atoms with Crippen molar-refractivity contribution >= 4 is 28.6 Å². The number of piperazine rings is 1. The quantitative estimate of drug-likeness (QED) is 0.290. The largest absolute Gasteiger partial charge is 0.392 e. The summed E-state index contributed by atoms with van der Waals surface area (Å²) in [5.74, 6) is -0.632. The van der Waals surface area contributed by atoms with Crippen LogP contribution in [0.1, 0.15) is 69.2 Å². The van der Waals surface area contributed by atoms with Gasteiger partial charge in [0, 0.05) is 80.1 Å². The molecule has 3 aliphatic rings. The van der Waals surface area contributed by atoms with E-state index in [2.05, 4.69) is 29.7 Å². The van der Waals surface area contributed by atoms with Gasteiger partial charge in [0.25, 0.3) is 11.5 Å². The van der Waals surface area contributed by atoms with E-state index >= 15 is 4.39 Å². The minimum absolute atomic E-state index is 0.130. The molecule has 3 aromatic heterocycles. The van der Waals surface area contributed by atoms with Crippen molar-refractivity contribution in [3.05, 3.63) is 96.6 Å². The number of anilines is 2. The van der Waals surface area contributed by atoms with Crippen molar-refractivity contribution in [2.75, 3.05) is 42.5 Å². The van der Waals surface area contributed by atoms with Gasteiger partial charge in [-0.05, 0) is 98.5 Å². The van der Waals surface area contributed by atoms with Gasteiger partial charge in [-0.1, -0.05) is 0 Å². The molecule has 10 heteroatoms. The Hall–Kier alpha value is -3.86. The van der Waals surface area contributed by atoms with E-state index in [0.29, 0.717) is 53.4 Å². The number of thiophene rings is 1. The second-order valence-corrected chi connectivity index (χ2v) is 14.4. The third kappa shape index (κ3) is 6.03. The average Bonchev–Trinajstić information content (AvgIpc) is 3.46. The SMILES string of the molecule is CC(C)N1CCN(c2ccc(Cc3cc(-c4cc(F)cc(N5CCc6c(sc7c6CCCC7)C5=O)c4CO)cn(C)c3=O)nc2)CC1. The molecule has 47 heavy (non-hydrogen) atoms. The summed E-state index contributed by atoms with van der Waals surface area (Å²) in [6.07, 6.45) is 8.90. The minimum Gasteiger partial charge on any atom is -0.392 e. The number of carbonyl (C=O) groups is 1. The van der Waals surface area contributed by atoms with E-state index in [1.807, 2.05) is 12.3 Å². The van der Waals surface area contributed by atoms with Gasteiger partial charge in [0.05, 0.1) is 29.1 Å². The van der Waals surface area contributed by atoms with Crippen LogP contribution in [0.15, 0.2) is 47.5 Å². The lowest BCUT2D eigenvalue weighted by Gasteiger charge is -2.38. The summed E-state index contributed by atoms with van der Waals surface area (Å²) in [5.41, 5.74) is 6.61. The van der Waals surface area contributed by atoms with Crippen LogP contribution in [0.25, 0.3) is 11.1 Å². The molecule has 4 aromatic rings. The second-order valence-electron chi connectivity index (χ2n) is 13.3. The van der Waals surface area contributed by atoms with Gasteiger partial charge in [0.1, 0.15) is 5.82 Å². The Labute approximate surface area is 279 Å². The highest BCUT2D eigenvalue weighted by Gasteiger charge is 2.33. The number of fused-ring (bicyclic) bond motifs is 3. The molecule has 0 atom stereocenters. The van der Waals surface area contributed by atoms with Crippen molar-refractivity contribution in [1.29, 1.82) is 0 Å². The zero-order valence-corrected chi connectivity index (χ0v) is 28.2. The Kier molecular flexibility index (Phi) is 8.76. The zero-order chi connectivity index (χ0) is 32.8. The van der Waals surface area contributed by atoms with Crippen molar-refractivity contribution in [3.8, 4) is 11.1 Å². The fraction of sp³-hybridized carbons (Fsp3) is 0.432. The summed E-state index contributed by atoms with van der Waals surface area (Å²) in [6, 6.07) is 9.07. The van der Waals surface area contributed by atoms with E-state index in [-0.39, 0.29) is 18.1 Å². The maximum atomic E-state index is 15.4. The van der Waals surface area contributed by atoms with E-state index in [0.717, 1.165) is 73.7 Å². The number of carbonyl (C=O) groups excluding carboxylic acids is 1. The molecule has 0 saturated carbocycles. The normalized spacial score (nSPS) is 16.9. The van der Waals surface area contributed by atoms with Gasteiger partial charge in [-0.15, -0.1) is 11.3 Å². The second kappa shape index (κ2) is 13.0. The number of halogens is 1. The first-order chi connectivity index (χ1) is 22.7. The molecule has 0 spiro atoms. The van der Waals surface area contributed by atoms with Crippen LogP contribution in [-0.4, -0.2) is 64.2 Å². The van der Waals surface area contributed by atoms with Crippen molar-refractivity contribution in [2.24, 2.45) is 7.05 Å². The highest BCUT2D eigenvalue weighted by molar-refractivity contribution is 7.14. The van der Waals surface area contributed by atoms with Crippen molar-refractivity contribution < 1.29 is 14.3 Å². The van der Waals surface area contributed by atoms with E-state index in [1.54, 1.807) is 35.5 Å². The van der Waals surface area contributed by atoms with Crippen molar-refractivity contribution in [2.45, 2.75) is 65.0 Å². The lowest BCUT2D eigenvalue weighted by molar-refractivity contribution is 0.0984. The number of rotatable bonds is 7. The lowest BCUT2D eigenvalue weighted by Crippen LogP contribution is -2.48. The Morgan fingerprint density at radius 2 is 1.77 bits per heavy atom. The van der Waals surface area contributed by atoms with Gasteiger partial charge in [-0.25, -0.2) is 4.39 Å². The molecule has 8 nitrogen and oxygen atoms in total. The number of aliphatic hydroxyl groups excluding tert-OH is 1. The molecule has 7 rings (SSSR count). The zero-order valence-electron chi connectivity index (χ0n) is 27.4. The molecule has 1 amide bonds. The summed E-state index contributed by atoms with van der Waals surface area (Å²) in [6.45, 7) is 8.43. The van der Waals surface area contributed by atoms with Crippen LogP contribution in [0.4, 0.5) is 15.8 Å². The Bertz CT molecular complexity index is 1870. The van der Waals surface area contributed by atoms with Crippen LogP contribution < -0.4 is 15.4 Å². The molecule has 0 unspecified atom stereocenters. The summed E-state index contributed by atoms with van der Waals surface area (Å²) in [4.78, 5) is 40.3. The maximum Gasteiger partial charge on any atom is 0.268 e. The number of hydrogen-bond donors (Lipinski definition) is 1. The van der Waals surface area contributed by atoms with Crippen molar-refractivity contribution in [3.63, 3.8) is 0 Å². The van der Waals surface area contributed by atoms with Crippen molar-refractivity contribution in [1.82, 2.24) is 14.5 Å². The van der Waals surface area contributed by atoms with Crippen LogP contribution in [0.5, 0.6) is 0 Å². The van der Waals surface area contributed by atoms with Crippen LogP contribution in [0, 0.1) is 5.82 Å². The number of pyridine rings is 2. The van der Waals surface area contributed by atoms with E-state index < -0.39 is 5.82 Å². The van der Waals surface area contributed by atoms with Gasteiger partial charge in [-0.3, -0.25) is 19.5 Å². The Morgan fingerprint density at radius 3 is 2.49 bits per heavy atom. The van der Waals surface area contributed by atoms with E-state index in [1.165, 1.54) is 27.1 Å². The molecule has 1 aliphatic carbocycles. The standard InChI is InChI=1S/C37H42FN5O3S/c1-23(2)41-12-14-42(15-13-41)28-9-8-27(39-20-28)17-24-16-25(21-40(3)36(24)45)31-18-26(38)19-33(32(31)22-44)43-11-10-30-29-6-4-5-7-34(29)47-35(30)37(43)46/h8-9,16,18-21,23,44H,4-7,10-15,17,22H2,1-3H3. The monoisotopic (exact) mass is 655 g/mol. The molecule has 2 aliphatic heterocycles. The predicted molar refractivity (Wildman–Crippen MR) is 185 cm³/mol. The fourth-order valence-electron chi connectivity index (χ4n) is 7.49. The molecule has 5 heterocycles. The summed E-state index contributed by atoms with van der Waals surface area (Å²) < 4.78 is 16.9. The number of nitrogens with zero attached hydrogens (tertiary/aromatic N) is 5. The molecule has 0 radical (unpaired) electrons. The molecule has 246 valence electrons. The van der Waals surface area contributed by atoms with Gasteiger partial charge >= 0.3 is 0 Å². The first-order valence-corrected chi connectivity index (χ1v) is 17.6. The molecule has 1 N–H and O–H groups in total. The molecule has 1 aromatic carbocycles. The molecule has 1 saturated heterocycles. The molecule has 1 fully saturated rings. The van der Waals surface area contributed by atoms with Gasteiger partial charge in [-0.2, -0.15) is 0 Å². The average molecular weight is 656 g/mol. The number of hydrogen-bond acceptors (Lipinski definition) is 7. The highest BCUT2D eigenvalue weighted by Crippen LogP contribution is 2.41. The topological polar surface area (TPSA) is 81.9 Å². The first-order valence-electron chi connectivity index (χ1n) is 16.7. The number of aromatic nitrogens is 2. The van der Waals surface area contributed by atoms with E-state index in [9.17, 15) is 14.7 Å². The first kappa shape index (κ1) is 31.7. The molecular weight excluding hydrogens is 614 g/mol. The predicted octanol–water partition coefficient (Wildman–Crippen LogP) is 5.34. The lowest BCUT2D eigenvalue weighted by atomic mass is 9.91. The summed E-state index contributed by atoms with van der Waals surface area (Å²) >= 11 is 1.58. The number of aliphatic hydroxyl groups is 1. The number of benzene rings is 1. The van der Waals surface area contributed by atoms with Crippen LogP contribution in [0.3, 0.4) is 0 Å². The Morgan fingerprint density at radius 1 is 0.979 bits per heavy atom. The van der Waals surface area contributed by atoms with Crippen LogP contribution >= 0.6 is 11.3 Å².